The van der Waals surface area contributed by atoms with Crippen LogP contribution in [-0.4, -0.2) is 48.2 Å². The molecule has 0 saturated carbocycles. The zero-order chi connectivity index (χ0) is 12.3. The standard InChI is InChI=1S/C12H20N4O/c1-9-7-11(17-3)15-12(13-9)14-10-5-4-6-16(2)8-10/h7,10H,4-6,8H2,1-3H3,(H,13,14,15). The third-order valence-corrected chi connectivity index (χ3v) is 3.00. The van der Waals surface area contributed by atoms with Crippen molar-refractivity contribution in [3.63, 3.8) is 0 Å². The predicted molar refractivity (Wildman–Crippen MR) is 67.5 cm³/mol. The number of aromatic nitrogens is 2. The highest BCUT2D eigenvalue weighted by Gasteiger charge is 2.17. The lowest BCUT2D eigenvalue weighted by Gasteiger charge is -2.30. The first-order valence-corrected chi connectivity index (χ1v) is 6.02. The highest BCUT2D eigenvalue weighted by molar-refractivity contribution is 5.31. The van der Waals surface area contributed by atoms with Crippen molar-refractivity contribution in [3.05, 3.63) is 11.8 Å². The fourth-order valence-electron chi connectivity index (χ4n) is 2.18. The molecule has 1 aliphatic heterocycles. The van der Waals surface area contributed by atoms with Crippen LogP contribution in [0.3, 0.4) is 0 Å². The molecule has 1 aromatic rings. The van der Waals surface area contributed by atoms with E-state index in [-0.39, 0.29) is 0 Å². The lowest BCUT2D eigenvalue weighted by molar-refractivity contribution is 0.260. The Hall–Kier alpha value is -1.36. The van der Waals surface area contributed by atoms with Gasteiger partial charge in [0.15, 0.2) is 0 Å². The summed E-state index contributed by atoms with van der Waals surface area (Å²) in [6.45, 7) is 4.16. The molecule has 1 unspecified atom stereocenters. The smallest absolute Gasteiger partial charge is 0.226 e. The van der Waals surface area contributed by atoms with E-state index in [1.807, 2.05) is 13.0 Å². The Morgan fingerprint density at radius 1 is 1.47 bits per heavy atom. The van der Waals surface area contributed by atoms with Gasteiger partial charge in [-0.3, -0.25) is 0 Å². The van der Waals surface area contributed by atoms with Gasteiger partial charge in [-0.05, 0) is 33.4 Å². The van der Waals surface area contributed by atoms with Crippen LogP contribution < -0.4 is 10.1 Å². The fraction of sp³-hybridized carbons (Fsp3) is 0.667. The second kappa shape index (κ2) is 5.31. The van der Waals surface area contributed by atoms with Crippen molar-refractivity contribution >= 4 is 5.95 Å². The van der Waals surface area contributed by atoms with Crippen molar-refractivity contribution in [3.8, 4) is 5.88 Å². The molecule has 1 N–H and O–H groups in total. The Labute approximate surface area is 102 Å². The first-order chi connectivity index (χ1) is 8.17. The zero-order valence-corrected chi connectivity index (χ0v) is 10.7. The van der Waals surface area contributed by atoms with Crippen LogP contribution in [0.2, 0.25) is 0 Å². The SMILES string of the molecule is COc1cc(C)nc(NC2CCCN(C)C2)n1. The van der Waals surface area contributed by atoms with E-state index < -0.39 is 0 Å². The van der Waals surface area contributed by atoms with Crippen molar-refractivity contribution in [1.29, 1.82) is 0 Å². The number of likely N-dealkylation sites (N-methyl/N-ethyl adjacent to an activating group) is 1. The first-order valence-electron chi connectivity index (χ1n) is 6.02. The third kappa shape index (κ3) is 3.30. The van der Waals surface area contributed by atoms with Gasteiger partial charge >= 0.3 is 0 Å². The molecule has 1 atom stereocenters. The average molecular weight is 236 g/mol. The number of hydrogen-bond acceptors (Lipinski definition) is 5. The minimum Gasteiger partial charge on any atom is -0.481 e. The summed E-state index contributed by atoms with van der Waals surface area (Å²) in [6, 6.07) is 2.26. The van der Waals surface area contributed by atoms with Gasteiger partial charge in [0, 0.05) is 24.3 Å². The molecular formula is C12H20N4O. The highest BCUT2D eigenvalue weighted by atomic mass is 16.5. The molecule has 1 aromatic heterocycles. The number of aryl methyl sites for hydroxylation is 1. The summed E-state index contributed by atoms with van der Waals surface area (Å²) in [5.74, 6) is 1.28. The van der Waals surface area contributed by atoms with Crippen molar-refractivity contribution in [2.24, 2.45) is 0 Å². The molecule has 5 heteroatoms. The number of hydrogen-bond donors (Lipinski definition) is 1. The van der Waals surface area contributed by atoms with Crippen LogP contribution in [0, 0.1) is 6.92 Å². The number of nitrogens with zero attached hydrogens (tertiary/aromatic N) is 3. The first kappa shape index (κ1) is 12.1. The van der Waals surface area contributed by atoms with Crippen LogP contribution in [0.4, 0.5) is 5.95 Å². The van der Waals surface area contributed by atoms with Gasteiger partial charge in [0.05, 0.1) is 7.11 Å². The van der Waals surface area contributed by atoms with Gasteiger partial charge in [-0.15, -0.1) is 0 Å². The van der Waals surface area contributed by atoms with Gasteiger partial charge in [0.1, 0.15) is 0 Å². The van der Waals surface area contributed by atoms with Crippen molar-refractivity contribution < 1.29 is 4.74 Å². The minimum atomic E-state index is 0.431. The Morgan fingerprint density at radius 2 is 2.29 bits per heavy atom. The molecule has 1 saturated heterocycles. The van der Waals surface area contributed by atoms with Gasteiger partial charge < -0.3 is 15.0 Å². The summed E-state index contributed by atoms with van der Waals surface area (Å²) in [5, 5.41) is 3.38. The monoisotopic (exact) mass is 236 g/mol. The van der Waals surface area contributed by atoms with E-state index in [2.05, 4.69) is 27.2 Å². The number of piperidine rings is 1. The van der Waals surface area contributed by atoms with Crippen LogP contribution >= 0.6 is 0 Å². The molecule has 0 spiro atoms. The molecule has 17 heavy (non-hydrogen) atoms. The Morgan fingerprint density at radius 3 is 3.00 bits per heavy atom. The van der Waals surface area contributed by atoms with Crippen LogP contribution in [-0.2, 0) is 0 Å². The Bertz CT molecular complexity index is 383. The van der Waals surface area contributed by atoms with E-state index in [9.17, 15) is 0 Å². The average Bonchev–Trinajstić information content (AvgIpc) is 2.28. The summed E-state index contributed by atoms with van der Waals surface area (Å²) in [7, 11) is 3.77. The molecule has 2 rings (SSSR count). The molecule has 1 aliphatic rings. The van der Waals surface area contributed by atoms with Crippen LogP contribution in [0.15, 0.2) is 6.07 Å². The van der Waals surface area contributed by atoms with Crippen molar-refractivity contribution in [1.82, 2.24) is 14.9 Å². The fourth-order valence-corrected chi connectivity index (χ4v) is 2.18. The molecule has 0 bridgehead atoms. The molecule has 2 heterocycles. The molecule has 0 aromatic carbocycles. The summed E-state index contributed by atoms with van der Waals surface area (Å²) in [4.78, 5) is 11.0. The van der Waals surface area contributed by atoms with Gasteiger partial charge in [-0.25, -0.2) is 4.98 Å². The van der Waals surface area contributed by atoms with Gasteiger partial charge in [-0.1, -0.05) is 0 Å². The van der Waals surface area contributed by atoms with E-state index in [4.69, 9.17) is 4.74 Å². The summed E-state index contributed by atoms with van der Waals surface area (Å²) < 4.78 is 5.14. The number of anilines is 1. The largest absolute Gasteiger partial charge is 0.481 e. The predicted octanol–water partition coefficient (Wildman–Crippen LogP) is 1.30. The summed E-state index contributed by atoms with van der Waals surface area (Å²) >= 11 is 0. The van der Waals surface area contributed by atoms with E-state index in [0.29, 0.717) is 17.9 Å². The molecular weight excluding hydrogens is 216 g/mol. The lowest BCUT2D eigenvalue weighted by Crippen LogP contribution is -2.40. The van der Waals surface area contributed by atoms with Gasteiger partial charge in [-0.2, -0.15) is 4.98 Å². The number of likely N-dealkylation sites (tertiary alicyclic amines) is 1. The van der Waals surface area contributed by atoms with Crippen LogP contribution in [0.1, 0.15) is 18.5 Å². The molecule has 0 amide bonds. The maximum absolute atomic E-state index is 5.14. The summed E-state index contributed by atoms with van der Waals surface area (Å²) in [5.41, 5.74) is 0.920. The summed E-state index contributed by atoms with van der Waals surface area (Å²) in [6.07, 6.45) is 2.39. The normalized spacial score (nSPS) is 21.2. The van der Waals surface area contributed by atoms with Gasteiger partial charge in [0.2, 0.25) is 11.8 Å². The Kier molecular flexibility index (Phi) is 3.78. The number of ether oxygens (including phenoxy) is 1. The topological polar surface area (TPSA) is 50.3 Å². The second-order valence-corrected chi connectivity index (χ2v) is 4.62. The highest BCUT2D eigenvalue weighted by Crippen LogP contribution is 2.15. The van der Waals surface area contributed by atoms with E-state index in [1.54, 1.807) is 7.11 Å². The van der Waals surface area contributed by atoms with Crippen molar-refractivity contribution in [2.75, 3.05) is 32.6 Å². The number of rotatable bonds is 3. The molecule has 5 nitrogen and oxygen atoms in total. The van der Waals surface area contributed by atoms with Crippen molar-refractivity contribution in [2.45, 2.75) is 25.8 Å². The second-order valence-electron chi connectivity index (χ2n) is 4.62. The molecule has 0 radical (unpaired) electrons. The van der Waals surface area contributed by atoms with E-state index in [0.717, 1.165) is 12.2 Å². The van der Waals surface area contributed by atoms with E-state index in [1.165, 1.54) is 19.4 Å². The van der Waals surface area contributed by atoms with Crippen LogP contribution in [0.5, 0.6) is 5.88 Å². The maximum atomic E-state index is 5.14. The maximum Gasteiger partial charge on any atom is 0.226 e. The van der Waals surface area contributed by atoms with E-state index >= 15 is 0 Å². The van der Waals surface area contributed by atoms with Gasteiger partial charge in [0.25, 0.3) is 0 Å². The Balaban J connectivity index is 2.04. The number of methoxy groups -OCH3 is 1. The molecule has 1 fully saturated rings. The molecule has 94 valence electrons. The third-order valence-electron chi connectivity index (χ3n) is 3.00. The quantitative estimate of drug-likeness (QED) is 0.857. The van der Waals surface area contributed by atoms with Crippen LogP contribution in [0.25, 0.3) is 0 Å². The zero-order valence-electron chi connectivity index (χ0n) is 10.7. The lowest BCUT2D eigenvalue weighted by atomic mass is 10.1. The molecule has 0 aliphatic carbocycles. The number of nitrogens with one attached hydrogen (secondary N) is 1. The minimum absolute atomic E-state index is 0.431.